The third-order valence-electron chi connectivity index (χ3n) is 3.62. The van der Waals surface area contributed by atoms with E-state index in [-0.39, 0.29) is 36.7 Å². The van der Waals surface area contributed by atoms with Crippen molar-refractivity contribution in [2.45, 2.75) is 26.4 Å². The van der Waals surface area contributed by atoms with Crippen molar-refractivity contribution in [3.63, 3.8) is 0 Å². The highest BCUT2D eigenvalue weighted by Crippen LogP contribution is 2.09. The number of nitrogens with one attached hydrogen (secondary N) is 3. The molecule has 3 rings (SSSR count). The Morgan fingerprint density at radius 1 is 1.25 bits per heavy atom. The first-order chi connectivity index (χ1) is 11.5. The van der Waals surface area contributed by atoms with Crippen LogP contribution in [0, 0.1) is 6.92 Å². The number of hydrogen-bond donors (Lipinski definition) is 3. The highest BCUT2D eigenvalue weighted by atomic mass is 16.2. The van der Waals surface area contributed by atoms with Gasteiger partial charge in [-0.05, 0) is 19.1 Å². The van der Waals surface area contributed by atoms with Crippen LogP contribution in [0.25, 0.3) is 11.0 Å². The zero-order valence-corrected chi connectivity index (χ0v) is 13.1. The van der Waals surface area contributed by atoms with Crippen LogP contribution >= 0.6 is 0 Å². The van der Waals surface area contributed by atoms with Crippen molar-refractivity contribution < 1.29 is 4.79 Å². The molecule has 0 bridgehead atoms. The number of rotatable bonds is 5. The van der Waals surface area contributed by atoms with Gasteiger partial charge >= 0.3 is 5.69 Å². The Hall–Kier alpha value is -3.16. The van der Waals surface area contributed by atoms with Crippen molar-refractivity contribution in [2.24, 2.45) is 0 Å². The van der Waals surface area contributed by atoms with Gasteiger partial charge in [-0.1, -0.05) is 12.1 Å². The molecule has 0 unspecified atom stereocenters. The lowest BCUT2D eigenvalue weighted by molar-refractivity contribution is -0.121. The lowest BCUT2D eigenvalue weighted by Gasteiger charge is -2.06. The molecule has 0 radical (unpaired) electrons. The second kappa shape index (κ2) is 6.53. The van der Waals surface area contributed by atoms with Crippen molar-refractivity contribution >= 4 is 16.9 Å². The van der Waals surface area contributed by atoms with E-state index in [0.717, 1.165) is 11.0 Å². The number of imidazole rings is 1. The molecule has 0 spiro atoms. The first-order valence-corrected chi connectivity index (χ1v) is 7.54. The number of amides is 1. The van der Waals surface area contributed by atoms with Gasteiger partial charge in [-0.2, -0.15) is 0 Å². The topological polar surface area (TPSA) is 113 Å². The van der Waals surface area contributed by atoms with Crippen LogP contribution in [0.4, 0.5) is 0 Å². The Labute approximate surface area is 136 Å². The molecule has 0 fully saturated rings. The van der Waals surface area contributed by atoms with Gasteiger partial charge in [0, 0.05) is 19.0 Å². The predicted molar refractivity (Wildman–Crippen MR) is 88.6 cm³/mol. The molecular formula is C16H17N5O3. The first kappa shape index (κ1) is 15.7. The van der Waals surface area contributed by atoms with Crippen LogP contribution in [0.15, 0.2) is 39.9 Å². The number of fused-ring (bicyclic) bond motifs is 1. The number of benzene rings is 1. The molecule has 0 aliphatic rings. The Morgan fingerprint density at radius 3 is 2.83 bits per heavy atom. The van der Waals surface area contributed by atoms with Crippen molar-refractivity contribution in [1.82, 2.24) is 24.8 Å². The standard InChI is InChI=1S/C16H17N5O3/c1-10-18-11(8-15(23)19-10)9-17-14(22)6-7-21-13-5-3-2-4-12(13)20-16(21)24/h2-5,8H,6-7,9H2,1H3,(H,17,22)(H,20,24)(H,18,19,23). The number of carbonyl (C=O) groups is 1. The summed E-state index contributed by atoms with van der Waals surface area (Å²) < 4.78 is 1.53. The number of H-pyrrole nitrogens is 2. The molecule has 1 amide bonds. The number of hydrogen-bond acceptors (Lipinski definition) is 4. The predicted octanol–water partition coefficient (Wildman–Crippen LogP) is 0.428. The second-order valence-corrected chi connectivity index (χ2v) is 5.45. The lowest BCUT2D eigenvalue weighted by atomic mass is 10.3. The van der Waals surface area contributed by atoms with Crippen LogP contribution in [0.3, 0.4) is 0 Å². The number of aromatic nitrogens is 4. The average Bonchev–Trinajstić information content (AvgIpc) is 2.85. The van der Waals surface area contributed by atoms with Gasteiger partial charge in [-0.3, -0.25) is 14.2 Å². The SMILES string of the molecule is Cc1nc(CNC(=O)CCn2c(=O)[nH]c3ccccc32)cc(=O)[nH]1. The molecule has 8 heteroatoms. The quantitative estimate of drug-likeness (QED) is 0.630. The molecular weight excluding hydrogens is 310 g/mol. The van der Waals surface area contributed by atoms with E-state index in [4.69, 9.17) is 0 Å². The molecule has 0 saturated carbocycles. The largest absolute Gasteiger partial charge is 0.350 e. The van der Waals surface area contributed by atoms with Crippen LogP contribution in [-0.2, 0) is 17.9 Å². The fraction of sp³-hybridized carbons (Fsp3) is 0.250. The Balaban J connectivity index is 1.62. The maximum absolute atomic E-state index is 12.0. The molecule has 8 nitrogen and oxygen atoms in total. The maximum Gasteiger partial charge on any atom is 0.326 e. The number of carbonyl (C=O) groups excluding carboxylic acids is 1. The molecule has 24 heavy (non-hydrogen) atoms. The summed E-state index contributed by atoms with van der Waals surface area (Å²) in [6, 6.07) is 8.67. The maximum atomic E-state index is 12.0. The van der Waals surface area contributed by atoms with Gasteiger partial charge in [0.1, 0.15) is 5.82 Å². The number of para-hydroxylation sites is 2. The summed E-state index contributed by atoms with van der Waals surface area (Å²) in [6.07, 6.45) is 0.157. The Morgan fingerprint density at radius 2 is 2.04 bits per heavy atom. The molecule has 0 aliphatic carbocycles. The monoisotopic (exact) mass is 327 g/mol. The van der Waals surface area contributed by atoms with E-state index in [1.165, 1.54) is 10.6 Å². The van der Waals surface area contributed by atoms with Crippen LogP contribution in [0.5, 0.6) is 0 Å². The Kier molecular flexibility index (Phi) is 4.28. The van der Waals surface area contributed by atoms with Gasteiger partial charge in [0.2, 0.25) is 5.91 Å². The van der Waals surface area contributed by atoms with Gasteiger partial charge in [0.15, 0.2) is 0 Å². The van der Waals surface area contributed by atoms with Gasteiger partial charge in [0.05, 0.1) is 23.3 Å². The van der Waals surface area contributed by atoms with E-state index in [1.54, 1.807) is 6.92 Å². The van der Waals surface area contributed by atoms with E-state index in [0.29, 0.717) is 11.5 Å². The summed E-state index contributed by atoms with van der Waals surface area (Å²) in [6.45, 7) is 2.12. The molecule has 3 N–H and O–H groups in total. The van der Waals surface area contributed by atoms with E-state index >= 15 is 0 Å². The van der Waals surface area contributed by atoms with Crippen molar-refractivity contribution in [2.75, 3.05) is 0 Å². The van der Waals surface area contributed by atoms with Crippen LogP contribution in [0.2, 0.25) is 0 Å². The summed E-state index contributed by atoms with van der Waals surface area (Å²) >= 11 is 0. The van der Waals surface area contributed by atoms with Crippen LogP contribution in [-0.4, -0.2) is 25.4 Å². The van der Waals surface area contributed by atoms with Crippen LogP contribution < -0.4 is 16.6 Å². The van der Waals surface area contributed by atoms with Gasteiger partial charge in [-0.25, -0.2) is 9.78 Å². The first-order valence-electron chi connectivity index (χ1n) is 7.54. The summed E-state index contributed by atoms with van der Waals surface area (Å²) in [5.41, 5.74) is 1.51. The van der Waals surface area contributed by atoms with Crippen molar-refractivity contribution in [3.05, 3.63) is 62.7 Å². The fourth-order valence-corrected chi connectivity index (χ4v) is 2.55. The minimum absolute atomic E-state index is 0.157. The molecule has 124 valence electrons. The Bertz CT molecular complexity index is 999. The summed E-state index contributed by atoms with van der Waals surface area (Å²) in [7, 11) is 0. The minimum atomic E-state index is -0.253. The van der Waals surface area contributed by atoms with Crippen molar-refractivity contribution in [3.8, 4) is 0 Å². The number of nitrogens with zero attached hydrogens (tertiary/aromatic N) is 2. The zero-order valence-electron chi connectivity index (χ0n) is 13.1. The third kappa shape index (κ3) is 3.43. The minimum Gasteiger partial charge on any atom is -0.350 e. The molecule has 0 saturated heterocycles. The van der Waals surface area contributed by atoms with Gasteiger partial charge < -0.3 is 15.3 Å². The summed E-state index contributed by atoms with van der Waals surface area (Å²) in [4.78, 5) is 44.7. The fourth-order valence-electron chi connectivity index (χ4n) is 2.55. The summed E-state index contributed by atoms with van der Waals surface area (Å²) in [5.74, 6) is 0.281. The average molecular weight is 327 g/mol. The van der Waals surface area contributed by atoms with Crippen LogP contribution in [0.1, 0.15) is 17.9 Å². The number of aryl methyl sites for hydroxylation is 2. The van der Waals surface area contributed by atoms with Gasteiger partial charge in [0.25, 0.3) is 5.56 Å². The van der Waals surface area contributed by atoms with E-state index in [2.05, 4.69) is 20.3 Å². The molecule has 3 aromatic rings. The highest BCUT2D eigenvalue weighted by molar-refractivity contribution is 5.77. The molecule has 0 aliphatic heterocycles. The molecule has 2 aromatic heterocycles. The lowest BCUT2D eigenvalue weighted by Crippen LogP contribution is -2.27. The molecule has 1 aromatic carbocycles. The zero-order chi connectivity index (χ0) is 17.1. The molecule has 2 heterocycles. The third-order valence-corrected chi connectivity index (χ3v) is 3.62. The van der Waals surface area contributed by atoms with E-state index < -0.39 is 0 Å². The van der Waals surface area contributed by atoms with E-state index in [9.17, 15) is 14.4 Å². The van der Waals surface area contributed by atoms with Crippen molar-refractivity contribution in [1.29, 1.82) is 0 Å². The van der Waals surface area contributed by atoms with E-state index in [1.807, 2.05) is 24.3 Å². The summed E-state index contributed by atoms with van der Waals surface area (Å²) in [5, 5.41) is 2.70. The number of aromatic amines is 2. The smallest absolute Gasteiger partial charge is 0.326 e. The second-order valence-electron chi connectivity index (χ2n) is 5.45. The van der Waals surface area contributed by atoms with Gasteiger partial charge in [-0.15, -0.1) is 0 Å². The normalized spacial score (nSPS) is 10.9. The molecule has 0 atom stereocenters. The highest BCUT2D eigenvalue weighted by Gasteiger charge is 2.09.